The second-order valence-corrected chi connectivity index (χ2v) is 13.6. The van der Waals surface area contributed by atoms with E-state index >= 15 is 0 Å². The monoisotopic (exact) mass is 392 g/mol. The molecule has 0 radical (unpaired) electrons. The van der Waals surface area contributed by atoms with Crippen LogP contribution < -0.4 is 0 Å². The van der Waals surface area contributed by atoms with Gasteiger partial charge in [0.2, 0.25) is 0 Å². The van der Waals surface area contributed by atoms with Crippen molar-refractivity contribution in [2.24, 2.45) is 5.41 Å². The van der Waals surface area contributed by atoms with Crippen molar-refractivity contribution in [3.05, 3.63) is 11.6 Å². The van der Waals surface area contributed by atoms with Gasteiger partial charge in [0.1, 0.15) is 5.60 Å². The van der Waals surface area contributed by atoms with Crippen LogP contribution in [0.5, 0.6) is 0 Å². The molecule has 0 bridgehead atoms. The van der Waals surface area contributed by atoms with E-state index in [0.29, 0.717) is 5.57 Å². The van der Waals surface area contributed by atoms with Crippen molar-refractivity contribution in [2.45, 2.75) is 96.7 Å². The number of allylic oxidation sites excluding steroid dienone is 1. The zero-order chi connectivity index (χ0) is 20.5. The quantitative estimate of drug-likeness (QED) is 0.213. The Bertz CT molecular complexity index is 659. The minimum atomic E-state index is -1.65. The van der Waals surface area contributed by atoms with Crippen LogP contribution in [0.1, 0.15) is 61.3 Å². The number of epoxide rings is 1. The fourth-order valence-electron chi connectivity index (χ4n) is 4.79. The van der Waals surface area contributed by atoms with Crippen molar-refractivity contribution in [1.82, 2.24) is 0 Å². The number of carbonyl (C=O) groups is 1. The highest BCUT2D eigenvalue weighted by molar-refractivity contribution is 6.73. The summed E-state index contributed by atoms with van der Waals surface area (Å²) in [5.74, 6) is 6.12. The van der Waals surface area contributed by atoms with Crippen molar-refractivity contribution >= 4 is 14.3 Å². The molecule has 1 heterocycles. The van der Waals surface area contributed by atoms with Gasteiger partial charge >= 0.3 is 5.97 Å². The number of ether oxygens (including phenoxy) is 2. The zero-order valence-corrected chi connectivity index (χ0v) is 19.3. The number of methoxy groups -OCH3 is 1. The predicted molar refractivity (Wildman–Crippen MR) is 111 cm³/mol. The normalized spacial score (nSPS) is 32.1. The maximum absolute atomic E-state index is 11.4. The molecule has 1 aliphatic carbocycles. The van der Waals surface area contributed by atoms with Crippen LogP contribution in [0, 0.1) is 17.3 Å². The van der Waals surface area contributed by atoms with Gasteiger partial charge in [-0.3, -0.25) is 0 Å². The lowest BCUT2D eigenvalue weighted by molar-refractivity contribution is -0.134. The van der Waals surface area contributed by atoms with Crippen LogP contribution in [0.15, 0.2) is 11.6 Å². The minimum absolute atomic E-state index is 0.113. The molecule has 1 saturated carbocycles. The van der Waals surface area contributed by atoms with E-state index in [0.717, 1.165) is 31.0 Å². The van der Waals surface area contributed by atoms with Crippen LogP contribution in [-0.2, 0) is 18.7 Å². The van der Waals surface area contributed by atoms with Gasteiger partial charge in [0.05, 0.1) is 7.11 Å². The predicted octanol–water partition coefficient (Wildman–Crippen LogP) is 4.85. The highest BCUT2D eigenvalue weighted by Crippen LogP contribution is 2.65. The Morgan fingerprint density at radius 3 is 2.26 bits per heavy atom. The molecule has 1 saturated heterocycles. The van der Waals surface area contributed by atoms with Gasteiger partial charge in [0.25, 0.3) is 0 Å². The second-order valence-electron chi connectivity index (χ2n) is 8.89. The lowest BCUT2D eigenvalue weighted by atomic mass is 9.63. The standard InChI is InChI=1S/C22H36O4Si/c1-9-27(10-2,11-3)25-18-15-20(5,6)22(21(7,16-18)26-22)13-12-17(4)14-19(23)24-8/h14,18H,9-11,15-16H2,1-8H3/b17-14+/t18-,21+,22-/m0/s1. The van der Waals surface area contributed by atoms with E-state index in [1.165, 1.54) is 13.2 Å². The van der Waals surface area contributed by atoms with Crippen molar-refractivity contribution in [3.8, 4) is 11.8 Å². The van der Waals surface area contributed by atoms with Gasteiger partial charge in [-0.05, 0) is 38.4 Å². The molecule has 1 aliphatic heterocycles. The van der Waals surface area contributed by atoms with E-state index in [2.05, 4.69) is 58.1 Å². The molecule has 0 spiro atoms. The Labute approximate surface area is 166 Å². The Balaban J connectivity index is 2.22. The molecule has 0 aromatic rings. The Kier molecular flexibility index (Phi) is 6.36. The van der Waals surface area contributed by atoms with Crippen LogP contribution in [-0.4, -0.2) is 38.7 Å². The van der Waals surface area contributed by atoms with E-state index in [1.54, 1.807) is 0 Å². The van der Waals surface area contributed by atoms with Crippen molar-refractivity contribution in [3.63, 3.8) is 0 Å². The highest BCUT2D eigenvalue weighted by atomic mass is 28.4. The molecule has 4 nitrogen and oxygen atoms in total. The lowest BCUT2D eigenvalue weighted by Gasteiger charge is -2.43. The molecule has 2 aliphatic rings. The summed E-state index contributed by atoms with van der Waals surface area (Å²) in [5.41, 5.74) is -0.177. The fourth-order valence-corrected chi connectivity index (χ4v) is 7.67. The molecule has 0 N–H and O–H groups in total. The summed E-state index contributed by atoms with van der Waals surface area (Å²) in [6, 6.07) is 3.49. The third-order valence-corrected chi connectivity index (χ3v) is 11.4. The van der Waals surface area contributed by atoms with E-state index < -0.39 is 13.9 Å². The molecule has 152 valence electrons. The molecular formula is C22H36O4Si. The first-order chi connectivity index (χ1) is 12.5. The van der Waals surface area contributed by atoms with E-state index in [-0.39, 0.29) is 23.1 Å². The maximum atomic E-state index is 11.4. The molecule has 27 heavy (non-hydrogen) atoms. The third-order valence-electron chi connectivity index (χ3n) is 6.71. The van der Waals surface area contributed by atoms with Crippen molar-refractivity contribution < 1.29 is 18.7 Å². The maximum Gasteiger partial charge on any atom is 0.331 e. The molecule has 2 rings (SSSR count). The van der Waals surface area contributed by atoms with E-state index in [4.69, 9.17) is 9.16 Å². The molecule has 0 aromatic carbocycles. The van der Waals surface area contributed by atoms with Gasteiger partial charge in [-0.15, -0.1) is 0 Å². The Hall–Kier alpha value is -1.09. The van der Waals surface area contributed by atoms with Crippen molar-refractivity contribution in [2.75, 3.05) is 7.11 Å². The number of hydrogen-bond donors (Lipinski definition) is 0. The van der Waals surface area contributed by atoms with Crippen LogP contribution >= 0.6 is 0 Å². The van der Waals surface area contributed by atoms with Crippen LogP contribution in [0.3, 0.4) is 0 Å². The highest BCUT2D eigenvalue weighted by Gasteiger charge is 2.76. The van der Waals surface area contributed by atoms with Gasteiger partial charge in [-0.2, -0.15) is 0 Å². The minimum Gasteiger partial charge on any atom is -0.466 e. The summed E-state index contributed by atoms with van der Waals surface area (Å²) >= 11 is 0. The Morgan fingerprint density at radius 1 is 1.19 bits per heavy atom. The first-order valence-electron chi connectivity index (χ1n) is 10.2. The molecule has 5 heteroatoms. The summed E-state index contributed by atoms with van der Waals surface area (Å²) in [7, 11) is -0.276. The summed E-state index contributed by atoms with van der Waals surface area (Å²) in [6.45, 7) is 15.3. The summed E-state index contributed by atoms with van der Waals surface area (Å²) < 4.78 is 17.8. The largest absolute Gasteiger partial charge is 0.466 e. The second kappa shape index (κ2) is 7.73. The fraction of sp³-hybridized carbons (Fsp3) is 0.773. The Morgan fingerprint density at radius 2 is 1.78 bits per heavy atom. The molecule has 0 amide bonds. The molecule has 0 unspecified atom stereocenters. The van der Waals surface area contributed by atoms with Crippen LogP contribution in [0.4, 0.5) is 0 Å². The van der Waals surface area contributed by atoms with E-state index in [9.17, 15) is 4.79 Å². The number of esters is 1. The topological polar surface area (TPSA) is 48.1 Å². The molecular weight excluding hydrogens is 356 g/mol. The summed E-state index contributed by atoms with van der Waals surface area (Å²) in [5, 5.41) is 0. The SMILES string of the molecule is CC[Si](CC)(CC)O[C@H]1CC(C)(C)[C@]2(C#C/C(C)=C/C(=O)OC)O[C@]2(C)C1. The van der Waals surface area contributed by atoms with Gasteiger partial charge in [-0.1, -0.05) is 46.5 Å². The molecule has 2 fully saturated rings. The smallest absolute Gasteiger partial charge is 0.331 e. The summed E-state index contributed by atoms with van der Waals surface area (Å²) in [6.07, 6.45) is 3.50. The average molecular weight is 393 g/mol. The van der Waals surface area contributed by atoms with Crippen LogP contribution in [0.2, 0.25) is 18.1 Å². The third kappa shape index (κ3) is 4.04. The van der Waals surface area contributed by atoms with Gasteiger partial charge < -0.3 is 13.9 Å². The molecule has 0 aromatic heterocycles. The van der Waals surface area contributed by atoms with Gasteiger partial charge in [0.15, 0.2) is 13.9 Å². The number of hydrogen-bond acceptors (Lipinski definition) is 4. The van der Waals surface area contributed by atoms with E-state index in [1.807, 2.05) is 6.92 Å². The van der Waals surface area contributed by atoms with Gasteiger partial charge in [0, 0.05) is 29.6 Å². The first kappa shape index (κ1) is 22.2. The first-order valence-corrected chi connectivity index (χ1v) is 12.7. The lowest BCUT2D eigenvalue weighted by Crippen LogP contribution is -2.50. The average Bonchev–Trinajstić information content (AvgIpc) is 3.24. The zero-order valence-electron chi connectivity index (χ0n) is 18.3. The summed E-state index contributed by atoms with van der Waals surface area (Å²) in [4.78, 5) is 11.4. The van der Waals surface area contributed by atoms with Gasteiger partial charge in [-0.25, -0.2) is 4.79 Å². The molecule has 3 atom stereocenters. The number of carbonyl (C=O) groups excluding carboxylic acids is 1. The number of fused-ring (bicyclic) bond motifs is 1. The van der Waals surface area contributed by atoms with Crippen LogP contribution in [0.25, 0.3) is 0 Å². The van der Waals surface area contributed by atoms with Crippen molar-refractivity contribution in [1.29, 1.82) is 0 Å². The number of rotatable bonds is 6.